The summed E-state index contributed by atoms with van der Waals surface area (Å²) in [6.45, 7) is 2.01. The molecule has 0 radical (unpaired) electrons. The quantitative estimate of drug-likeness (QED) is 0.880. The predicted octanol–water partition coefficient (Wildman–Crippen LogP) is 4.11. The minimum Gasteiger partial charge on any atom is -0.348 e. The molecule has 0 bridgehead atoms. The first kappa shape index (κ1) is 17.5. The summed E-state index contributed by atoms with van der Waals surface area (Å²) in [6, 6.07) is 3.42. The van der Waals surface area contributed by atoms with Gasteiger partial charge in [0.2, 0.25) is 0 Å². The minimum absolute atomic E-state index is 0.0327. The number of hydrogen-bond acceptors (Lipinski definition) is 2. The Morgan fingerprint density at radius 1 is 1.17 bits per heavy atom. The second kappa shape index (κ2) is 6.92. The Morgan fingerprint density at radius 2 is 1.88 bits per heavy atom. The van der Waals surface area contributed by atoms with Gasteiger partial charge in [0, 0.05) is 17.1 Å². The van der Waals surface area contributed by atoms with Crippen LogP contribution in [0.2, 0.25) is 5.02 Å². The van der Waals surface area contributed by atoms with E-state index in [-0.39, 0.29) is 22.7 Å². The Kier molecular flexibility index (Phi) is 5.06. The molecule has 132 valence electrons. The van der Waals surface area contributed by atoms with Crippen molar-refractivity contribution in [1.29, 1.82) is 0 Å². The number of halogens is 4. The maximum atomic E-state index is 13.2. The lowest BCUT2D eigenvalue weighted by molar-refractivity contribution is -0.137. The van der Waals surface area contributed by atoms with E-state index >= 15 is 0 Å². The third-order valence-corrected chi connectivity index (χ3v) is 5.17. The van der Waals surface area contributed by atoms with Gasteiger partial charge in [-0.15, -0.1) is 0 Å². The van der Waals surface area contributed by atoms with Gasteiger partial charge in [-0.05, 0) is 63.4 Å². The zero-order chi connectivity index (χ0) is 17.3. The molecule has 1 heterocycles. The van der Waals surface area contributed by atoms with Crippen LogP contribution in [-0.4, -0.2) is 36.0 Å². The Labute approximate surface area is 144 Å². The predicted molar refractivity (Wildman–Crippen MR) is 86.2 cm³/mol. The summed E-state index contributed by atoms with van der Waals surface area (Å²) in [4.78, 5) is 14.8. The van der Waals surface area contributed by atoms with Crippen LogP contribution >= 0.6 is 11.6 Å². The van der Waals surface area contributed by atoms with Gasteiger partial charge in [-0.1, -0.05) is 11.6 Å². The number of rotatable bonds is 3. The lowest BCUT2D eigenvalue weighted by atomic mass is 10.0. The maximum absolute atomic E-state index is 13.2. The van der Waals surface area contributed by atoms with Crippen molar-refractivity contribution in [2.75, 3.05) is 13.1 Å². The number of alkyl halides is 3. The molecule has 1 aromatic carbocycles. The van der Waals surface area contributed by atoms with Gasteiger partial charge in [-0.3, -0.25) is 9.69 Å². The fourth-order valence-electron chi connectivity index (χ4n) is 3.81. The van der Waals surface area contributed by atoms with E-state index < -0.39 is 17.6 Å². The van der Waals surface area contributed by atoms with E-state index in [0.717, 1.165) is 57.3 Å². The molecule has 1 aromatic rings. The smallest absolute Gasteiger partial charge is 0.348 e. The first-order valence-electron chi connectivity index (χ1n) is 8.28. The average molecular weight is 361 g/mol. The molecule has 0 aromatic heterocycles. The van der Waals surface area contributed by atoms with Crippen LogP contribution in [0.3, 0.4) is 0 Å². The number of amides is 1. The molecule has 3 rings (SSSR count). The van der Waals surface area contributed by atoms with Crippen molar-refractivity contribution in [3.05, 3.63) is 34.3 Å². The molecular formula is C17H20ClF3N2O. The molecule has 1 aliphatic carbocycles. The number of nitrogens with zero attached hydrogens (tertiary/aromatic N) is 1. The molecule has 2 unspecified atom stereocenters. The van der Waals surface area contributed by atoms with E-state index in [1.807, 2.05) is 0 Å². The molecule has 24 heavy (non-hydrogen) atoms. The van der Waals surface area contributed by atoms with Gasteiger partial charge in [0.25, 0.3) is 5.91 Å². The van der Waals surface area contributed by atoms with Crippen LogP contribution in [0, 0.1) is 0 Å². The molecule has 2 aliphatic rings. The van der Waals surface area contributed by atoms with Crippen molar-refractivity contribution in [3.63, 3.8) is 0 Å². The van der Waals surface area contributed by atoms with Gasteiger partial charge in [0.1, 0.15) is 0 Å². The fraction of sp³-hybridized carbons (Fsp3) is 0.588. The molecule has 7 heteroatoms. The van der Waals surface area contributed by atoms with Crippen molar-refractivity contribution in [3.8, 4) is 0 Å². The highest BCUT2D eigenvalue weighted by Gasteiger charge is 2.38. The summed E-state index contributed by atoms with van der Waals surface area (Å²) in [5.74, 6) is -0.671. The van der Waals surface area contributed by atoms with Crippen molar-refractivity contribution < 1.29 is 18.0 Å². The lowest BCUT2D eigenvalue weighted by Gasteiger charge is -2.30. The Bertz CT molecular complexity index is 614. The van der Waals surface area contributed by atoms with Crippen LogP contribution in [0.25, 0.3) is 0 Å². The van der Waals surface area contributed by atoms with E-state index in [1.165, 1.54) is 6.07 Å². The number of likely N-dealkylation sites (tertiary alicyclic amines) is 1. The van der Waals surface area contributed by atoms with Crippen LogP contribution in [0.15, 0.2) is 18.2 Å². The van der Waals surface area contributed by atoms with Crippen LogP contribution in [0.5, 0.6) is 0 Å². The molecular weight excluding hydrogens is 341 g/mol. The van der Waals surface area contributed by atoms with Crippen molar-refractivity contribution in [2.24, 2.45) is 0 Å². The zero-order valence-corrected chi connectivity index (χ0v) is 14.0. The third-order valence-electron chi connectivity index (χ3n) is 4.94. The Hall–Kier alpha value is -1.27. The fourth-order valence-corrected chi connectivity index (χ4v) is 3.99. The molecule has 3 nitrogen and oxygen atoms in total. The largest absolute Gasteiger partial charge is 0.417 e. The van der Waals surface area contributed by atoms with Gasteiger partial charge >= 0.3 is 6.18 Å². The number of carbonyl (C=O) groups excluding carboxylic acids is 1. The molecule has 1 amide bonds. The minimum atomic E-state index is -4.61. The molecule has 0 spiro atoms. The lowest BCUT2D eigenvalue weighted by Crippen LogP contribution is -2.48. The summed E-state index contributed by atoms with van der Waals surface area (Å²) in [7, 11) is 0. The van der Waals surface area contributed by atoms with Crippen LogP contribution < -0.4 is 5.32 Å². The number of nitrogens with one attached hydrogen (secondary N) is 1. The second-order valence-electron chi connectivity index (χ2n) is 6.51. The molecule has 1 N–H and O–H groups in total. The van der Waals surface area contributed by atoms with E-state index in [1.54, 1.807) is 0 Å². The highest BCUT2D eigenvalue weighted by Crippen LogP contribution is 2.34. The standard InChI is InChI=1S/C17H20ClF3N2O/c18-11-6-7-12(13(10-11)17(19,20)21)16(24)22-14-4-3-5-15(14)23-8-1-2-9-23/h6-7,10,14-15H,1-5,8-9H2,(H,22,24). The zero-order valence-electron chi connectivity index (χ0n) is 13.2. The highest BCUT2D eigenvalue weighted by atomic mass is 35.5. The SMILES string of the molecule is O=C(NC1CCCC1N1CCCC1)c1ccc(Cl)cc1C(F)(F)F. The summed E-state index contributed by atoms with van der Waals surface area (Å²) >= 11 is 5.67. The summed E-state index contributed by atoms with van der Waals surface area (Å²) in [5, 5.41) is 2.80. The molecule has 2 atom stereocenters. The van der Waals surface area contributed by atoms with E-state index in [2.05, 4.69) is 10.2 Å². The van der Waals surface area contributed by atoms with Crippen LogP contribution in [0.4, 0.5) is 13.2 Å². The first-order chi connectivity index (χ1) is 11.4. The maximum Gasteiger partial charge on any atom is 0.417 e. The van der Waals surface area contributed by atoms with Crippen molar-refractivity contribution in [1.82, 2.24) is 10.2 Å². The van der Waals surface area contributed by atoms with E-state index in [9.17, 15) is 18.0 Å². The van der Waals surface area contributed by atoms with Gasteiger partial charge in [-0.25, -0.2) is 0 Å². The molecule has 1 aliphatic heterocycles. The van der Waals surface area contributed by atoms with Crippen molar-refractivity contribution in [2.45, 2.75) is 50.4 Å². The molecule has 1 saturated carbocycles. The normalized spacial score (nSPS) is 25.2. The number of carbonyl (C=O) groups is 1. The second-order valence-corrected chi connectivity index (χ2v) is 6.95. The van der Waals surface area contributed by atoms with Crippen molar-refractivity contribution >= 4 is 17.5 Å². The average Bonchev–Trinajstić information content (AvgIpc) is 3.16. The Balaban J connectivity index is 1.77. The van der Waals surface area contributed by atoms with Gasteiger partial charge in [0.05, 0.1) is 11.1 Å². The van der Waals surface area contributed by atoms with Gasteiger partial charge in [-0.2, -0.15) is 13.2 Å². The Morgan fingerprint density at radius 3 is 2.54 bits per heavy atom. The first-order valence-corrected chi connectivity index (χ1v) is 8.66. The summed E-state index contributed by atoms with van der Waals surface area (Å²) in [5.41, 5.74) is -1.35. The number of hydrogen-bond donors (Lipinski definition) is 1. The van der Waals surface area contributed by atoms with E-state index in [0.29, 0.717) is 0 Å². The molecule has 1 saturated heterocycles. The summed E-state index contributed by atoms with van der Waals surface area (Å²) in [6.07, 6.45) is 0.457. The third kappa shape index (κ3) is 3.70. The van der Waals surface area contributed by atoms with Crippen LogP contribution in [0.1, 0.15) is 48.0 Å². The topological polar surface area (TPSA) is 32.3 Å². The van der Waals surface area contributed by atoms with E-state index in [4.69, 9.17) is 11.6 Å². The highest BCUT2D eigenvalue weighted by molar-refractivity contribution is 6.30. The summed E-state index contributed by atoms with van der Waals surface area (Å²) < 4.78 is 39.5. The van der Waals surface area contributed by atoms with Crippen LogP contribution in [-0.2, 0) is 6.18 Å². The number of benzene rings is 1. The molecule has 2 fully saturated rings. The monoisotopic (exact) mass is 360 g/mol. The van der Waals surface area contributed by atoms with Gasteiger partial charge in [0.15, 0.2) is 0 Å². The van der Waals surface area contributed by atoms with Gasteiger partial charge < -0.3 is 5.32 Å².